The fourth-order valence-corrected chi connectivity index (χ4v) is 2.34. The Morgan fingerprint density at radius 2 is 1.95 bits per heavy atom. The molecule has 0 atom stereocenters. The summed E-state index contributed by atoms with van der Waals surface area (Å²) in [6.07, 6.45) is 0.409. The number of carbonyl (C=O) groups excluding carboxylic acids is 1. The molecular formula is C17H17N3O. The summed E-state index contributed by atoms with van der Waals surface area (Å²) in [7, 11) is 0. The van der Waals surface area contributed by atoms with Gasteiger partial charge in [0.2, 0.25) is 5.91 Å². The van der Waals surface area contributed by atoms with E-state index in [1.54, 1.807) is 0 Å². The molecule has 0 unspecified atom stereocenters. The number of amides is 1. The highest BCUT2D eigenvalue weighted by atomic mass is 16.1. The summed E-state index contributed by atoms with van der Waals surface area (Å²) in [5.41, 5.74) is 4.04. The van der Waals surface area contributed by atoms with Crippen LogP contribution in [-0.2, 0) is 17.8 Å². The zero-order valence-corrected chi connectivity index (χ0v) is 11.9. The first-order valence-electron chi connectivity index (χ1n) is 6.96. The van der Waals surface area contributed by atoms with Gasteiger partial charge in [0.1, 0.15) is 5.82 Å². The van der Waals surface area contributed by atoms with Gasteiger partial charge in [0.15, 0.2) is 0 Å². The van der Waals surface area contributed by atoms with Crippen LogP contribution in [-0.4, -0.2) is 15.9 Å². The Morgan fingerprint density at radius 3 is 2.76 bits per heavy atom. The van der Waals surface area contributed by atoms with E-state index in [0.717, 1.165) is 28.0 Å². The number of rotatable bonds is 4. The maximum Gasteiger partial charge on any atom is 0.224 e. The number of H-pyrrole nitrogens is 1. The molecular weight excluding hydrogens is 262 g/mol. The normalized spacial score (nSPS) is 10.7. The predicted octanol–water partition coefficient (Wildman–Crippen LogP) is 2.73. The van der Waals surface area contributed by atoms with E-state index in [1.165, 1.54) is 0 Å². The topological polar surface area (TPSA) is 57.8 Å². The van der Waals surface area contributed by atoms with Crippen LogP contribution >= 0.6 is 0 Å². The molecule has 0 bridgehead atoms. The first kappa shape index (κ1) is 13.4. The summed E-state index contributed by atoms with van der Waals surface area (Å²) in [4.78, 5) is 19.5. The van der Waals surface area contributed by atoms with E-state index in [0.29, 0.717) is 13.0 Å². The van der Waals surface area contributed by atoms with Crippen LogP contribution < -0.4 is 5.32 Å². The molecule has 0 spiro atoms. The van der Waals surface area contributed by atoms with Crippen LogP contribution in [0.4, 0.5) is 0 Å². The fraction of sp³-hybridized carbons (Fsp3) is 0.176. The lowest BCUT2D eigenvalue weighted by atomic mass is 10.1. The number of aromatic nitrogens is 2. The minimum absolute atomic E-state index is 0.0297. The first-order chi connectivity index (χ1) is 10.2. The standard InChI is InChI=1S/C17H17N3O/c1-12-19-15-8-7-14(9-16(15)20-12)11-18-17(21)10-13-5-3-2-4-6-13/h2-9H,10-11H2,1H3,(H,18,21)(H,19,20). The number of fused-ring (bicyclic) bond motifs is 1. The molecule has 1 aromatic heterocycles. The summed E-state index contributed by atoms with van der Waals surface area (Å²) < 4.78 is 0. The molecule has 3 rings (SSSR count). The van der Waals surface area contributed by atoms with Crippen LogP contribution in [0.3, 0.4) is 0 Å². The van der Waals surface area contributed by atoms with Crippen molar-refractivity contribution >= 4 is 16.9 Å². The maximum atomic E-state index is 11.9. The summed E-state index contributed by atoms with van der Waals surface area (Å²) in [6.45, 7) is 2.46. The summed E-state index contributed by atoms with van der Waals surface area (Å²) in [5, 5.41) is 2.95. The second-order valence-corrected chi connectivity index (χ2v) is 5.11. The van der Waals surface area contributed by atoms with Gasteiger partial charge in [-0.05, 0) is 30.2 Å². The third kappa shape index (κ3) is 3.28. The lowest BCUT2D eigenvalue weighted by molar-refractivity contribution is -0.120. The smallest absolute Gasteiger partial charge is 0.224 e. The third-order valence-electron chi connectivity index (χ3n) is 3.36. The number of nitrogens with one attached hydrogen (secondary N) is 2. The molecule has 0 saturated heterocycles. The van der Waals surface area contributed by atoms with E-state index in [1.807, 2.05) is 55.5 Å². The largest absolute Gasteiger partial charge is 0.352 e. The average molecular weight is 279 g/mol. The molecule has 0 radical (unpaired) electrons. The second-order valence-electron chi connectivity index (χ2n) is 5.11. The van der Waals surface area contributed by atoms with E-state index in [4.69, 9.17) is 0 Å². The van der Waals surface area contributed by atoms with Gasteiger partial charge < -0.3 is 10.3 Å². The van der Waals surface area contributed by atoms with Crippen molar-refractivity contribution in [3.8, 4) is 0 Å². The molecule has 1 amide bonds. The lowest BCUT2D eigenvalue weighted by Crippen LogP contribution is -2.24. The predicted molar refractivity (Wildman–Crippen MR) is 82.8 cm³/mol. The van der Waals surface area contributed by atoms with Crippen LogP contribution in [0.2, 0.25) is 0 Å². The lowest BCUT2D eigenvalue weighted by Gasteiger charge is -2.05. The number of hydrogen-bond acceptors (Lipinski definition) is 2. The van der Waals surface area contributed by atoms with Gasteiger partial charge in [-0.1, -0.05) is 36.4 Å². The Balaban J connectivity index is 1.62. The minimum atomic E-state index is 0.0297. The van der Waals surface area contributed by atoms with E-state index in [2.05, 4.69) is 15.3 Å². The summed E-state index contributed by atoms with van der Waals surface area (Å²) in [5.74, 6) is 0.928. The van der Waals surface area contributed by atoms with Crippen LogP contribution in [0.25, 0.3) is 11.0 Å². The molecule has 1 heterocycles. The second kappa shape index (κ2) is 5.79. The van der Waals surface area contributed by atoms with Gasteiger partial charge in [-0.3, -0.25) is 4.79 Å². The average Bonchev–Trinajstić information content (AvgIpc) is 2.85. The van der Waals surface area contributed by atoms with E-state index in [9.17, 15) is 4.79 Å². The van der Waals surface area contributed by atoms with Gasteiger partial charge >= 0.3 is 0 Å². The molecule has 0 saturated carbocycles. The highest BCUT2D eigenvalue weighted by molar-refractivity contribution is 5.79. The van der Waals surface area contributed by atoms with E-state index in [-0.39, 0.29) is 5.91 Å². The molecule has 2 N–H and O–H groups in total. The Bertz CT molecular complexity index is 762. The van der Waals surface area contributed by atoms with Gasteiger partial charge in [-0.2, -0.15) is 0 Å². The number of aromatic amines is 1. The molecule has 3 aromatic rings. The van der Waals surface area contributed by atoms with E-state index >= 15 is 0 Å². The Labute approximate surface area is 123 Å². The summed E-state index contributed by atoms with van der Waals surface area (Å²) >= 11 is 0. The molecule has 2 aromatic carbocycles. The first-order valence-corrected chi connectivity index (χ1v) is 6.96. The minimum Gasteiger partial charge on any atom is -0.352 e. The Kier molecular flexibility index (Phi) is 3.69. The maximum absolute atomic E-state index is 11.9. The van der Waals surface area contributed by atoms with Gasteiger partial charge in [0.05, 0.1) is 17.5 Å². The van der Waals surface area contributed by atoms with E-state index < -0.39 is 0 Å². The Hall–Kier alpha value is -2.62. The van der Waals surface area contributed by atoms with Crippen molar-refractivity contribution in [3.63, 3.8) is 0 Å². The van der Waals surface area contributed by atoms with Crippen molar-refractivity contribution in [2.24, 2.45) is 0 Å². The quantitative estimate of drug-likeness (QED) is 0.771. The zero-order valence-electron chi connectivity index (χ0n) is 11.9. The SMILES string of the molecule is Cc1nc2ccc(CNC(=O)Cc3ccccc3)cc2[nH]1. The van der Waals surface area contributed by atoms with Crippen LogP contribution in [0.15, 0.2) is 48.5 Å². The third-order valence-corrected chi connectivity index (χ3v) is 3.36. The number of carbonyl (C=O) groups is 1. The summed E-state index contributed by atoms with van der Waals surface area (Å²) in [6, 6.07) is 15.7. The van der Waals surface area contributed by atoms with Crippen molar-refractivity contribution in [1.29, 1.82) is 0 Å². The van der Waals surface area contributed by atoms with Crippen molar-refractivity contribution < 1.29 is 4.79 Å². The molecule has 0 aliphatic carbocycles. The number of imidazole rings is 1. The number of hydrogen-bond donors (Lipinski definition) is 2. The molecule has 0 fully saturated rings. The highest BCUT2D eigenvalue weighted by Gasteiger charge is 2.04. The highest BCUT2D eigenvalue weighted by Crippen LogP contribution is 2.13. The Morgan fingerprint density at radius 1 is 1.14 bits per heavy atom. The molecule has 0 aliphatic rings. The zero-order chi connectivity index (χ0) is 14.7. The van der Waals surface area contributed by atoms with Crippen LogP contribution in [0.1, 0.15) is 17.0 Å². The number of nitrogens with zero attached hydrogens (tertiary/aromatic N) is 1. The molecule has 21 heavy (non-hydrogen) atoms. The molecule has 0 aliphatic heterocycles. The van der Waals surface area contributed by atoms with Crippen LogP contribution in [0, 0.1) is 6.92 Å². The number of aryl methyl sites for hydroxylation is 1. The van der Waals surface area contributed by atoms with Gasteiger partial charge in [-0.25, -0.2) is 4.98 Å². The number of benzene rings is 2. The van der Waals surface area contributed by atoms with Gasteiger partial charge in [-0.15, -0.1) is 0 Å². The molecule has 4 heteroatoms. The molecule has 106 valence electrons. The van der Waals surface area contributed by atoms with Crippen molar-refractivity contribution in [2.45, 2.75) is 19.9 Å². The monoisotopic (exact) mass is 279 g/mol. The molecule has 4 nitrogen and oxygen atoms in total. The van der Waals surface area contributed by atoms with Gasteiger partial charge in [0, 0.05) is 6.54 Å². The van der Waals surface area contributed by atoms with Crippen molar-refractivity contribution in [3.05, 3.63) is 65.5 Å². The van der Waals surface area contributed by atoms with Gasteiger partial charge in [0.25, 0.3) is 0 Å². The fourth-order valence-electron chi connectivity index (χ4n) is 2.34. The van der Waals surface area contributed by atoms with Crippen molar-refractivity contribution in [2.75, 3.05) is 0 Å². The van der Waals surface area contributed by atoms with Crippen LogP contribution in [0.5, 0.6) is 0 Å². The van der Waals surface area contributed by atoms with Crippen molar-refractivity contribution in [1.82, 2.24) is 15.3 Å².